The molecule has 34 nitrogen and oxygen atoms in total. The Kier molecular flexibility index (Phi) is 61.0. The van der Waals surface area contributed by atoms with Gasteiger partial charge >= 0.3 is 0 Å². The van der Waals surface area contributed by atoms with Gasteiger partial charge in [-0.25, -0.2) is 0 Å². The summed E-state index contributed by atoms with van der Waals surface area (Å²) in [5.74, 6) is 0.803. The van der Waals surface area contributed by atoms with Gasteiger partial charge in [0.25, 0.3) is 0 Å². The van der Waals surface area contributed by atoms with Gasteiger partial charge in [-0.15, -0.1) is 0 Å². The van der Waals surface area contributed by atoms with Crippen molar-refractivity contribution in [2.75, 3.05) is 164 Å². The third-order valence-corrected chi connectivity index (χ3v) is 28.0. The van der Waals surface area contributed by atoms with E-state index >= 15 is 0 Å². The van der Waals surface area contributed by atoms with Crippen molar-refractivity contribution in [3.63, 3.8) is 0 Å². The monoisotopic (exact) mass is 1840 g/mol. The smallest absolute Gasteiger partial charge is 0.220 e. The van der Waals surface area contributed by atoms with Gasteiger partial charge in [0, 0.05) is 18.7 Å². The number of rotatable bonds is 71. The van der Waals surface area contributed by atoms with E-state index in [9.17, 15) is 58.3 Å². The van der Waals surface area contributed by atoms with Crippen molar-refractivity contribution in [3.8, 4) is 0 Å². The van der Waals surface area contributed by atoms with Crippen molar-refractivity contribution >= 4 is 222 Å². The Morgan fingerprint density at radius 3 is 0.673 bits per heavy atom. The Hall–Kier alpha value is 5.66. The number of thioether (sulfide) groups is 1. The minimum Gasteiger partial charge on any atom is -0.801 e. The highest BCUT2D eigenvalue weighted by Gasteiger charge is 2.15. The molecule has 0 aromatic carbocycles. The zero-order chi connectivity index (χ0) is 74.2. The summed E-state index contributed by atoms with van der Waals surface area (Å²) in [6, 6.07) is 0. The lowest BCUT2D eigenvalue weighted by Crippen LogP contribution is -2.24. The largest absolute Gasteiger partial charge is 0.801 e. The topological polar surface area (TPSA) is 471 Å². The van der Waals surface area contributed by atoms with E-state index in [1.54, 1.807) is 11.8 Å². The zero-order valence-electron chi connectivity index (χ0n) is 53.2. The SMILES string of the molecule is CSCCC(=O)NCCCCCCOP([O-])(=S)OCCCOP(=O)([S-])OCCCOP([O-])(=S)OCCCOP([O-])(=S)OCCCOP([O-])(=S)OCCCOP([O-])(=S)OCCCOP([O-])(=S)OCCCOP([O-])(=S)OCCCOP([O-])(=S)OCCCOP([O-])(=S)OCCCOP(C)([O-])=S. The normalized spacial score (nSPS) is 19.0. The molecule has 98 heavy (non-hydrogen) atoms. The van der Waals surface area contributed by atoms with Crippen LogP contribution in [0.3, 0.4) is 0 Å². The molecule has 0 aliphatic rings. The lowest BCUT2D eigenvalue weighted by atomic mass is 10.2. The van der Waals surface area contributed by atoms with Crippen molar-refractivity contribution in [2.45, 2.75) is 96.3 Å². The third-order valence-electron chi connectivity index (χ3n) is 10.1. The van der Waals surface area contributed by atoms with E-state index < -0.39 is 73.8 Å². The fourth-order valence-corrected chi connectivity index (χ4v) is 19.2. The van der Waals surface area contributed by atoms with Gasteiger partial charge in [0.15, 0.2) is 6.80 Å². The number of carbonyl (C=O) groups is 1. The summed E-state index contributed by atoms with van der Waals surface area (Å²) in [6.45, 7) is -44.5. The van der Waals surface area contributed by atoms with Gasteiger partial charge < -0.3 is 161 Å². The highest BCUT2D eigenvalue weighted by molar-refractivity contribution is 8.32. The van der Waals surface area contributed by atoms with E-state index in [-0.39, 0.29) is 209 Å². The first-order valence-corrected chi connectivity index (χ1v) is 59.3. The van der Waals surface area contributed by atoms with Crippen LogP contribution in [0.5, 0.6) is 0 Å². The molecule has 0 spiro atoms. The molecule has 0 heterocycles. The Bertz CT molecular complexity index is 2750. The molecule has 0 aromatic rings. The van der Waals surface area contributed by atoms with Gasteiger partial charge in [-0.2, -0.15) is 11.8 Å². The summed E-state index contributed by atoms with van der Waals surface area (Å²) < 4.78 is 119. The predicted octanol–water partition coefficient (Wildman–Crippen LogP) is 2.88. The summed E-state index contributed by atoms with van der Waals surface area (Å²) in [5.41, 5.74) is 0. The van der Waals surface area contributed by atoms with Crippen molar-refractivity contribution in [1.82, 2.24) is 5.32 Å². The molecule has 0 bridgehead atoms. The lowest BCUT2D eigenvalue weighted by Gasteiger charge is -2.30. The maximum Gasteiger partial charge on any atom is 0.220 e. The summed E-state index contributed by atoms with van der Waals surface area (Å²) >= 11 is 54.6. The predicted molar refractivity (Wildman–Crippen MR) is 389 cm³/mol. The van der Waals surface area contributed by atoms with E-state index in [1.165, 1.54) is 6.66 Å². The van der Waals surface area contributed by atoms with Crippen LogP contribution in [0.25, 0.3) is 0 Å². The molecule has 0 rings (SSSR count). The van der Waals surface area contributed by atoms with Gasteiger partial charge in [0.2, 0.25) is 5.91 Å². The van der Waals surface area contributed by atoms with Gasteiger partial charge in [0.05, 0.1) is 139 Å². The molecule has 0 aliphatic carbocycles. The van der Waals surface area contributed by atoms with E-state index in [2.05, 4.69) is 17.1 Å². The van der Waals surface area contributed by atoms with E-state index in [0.29, 0.717) is 19.4 Å². The standard InChI is InChI=1S/C41H94NO33P11S12/c1-76(44,87)55-20-7-21-57-78(46,89)59-24-9-25-61-80(48,91)63-28-11-29-65-82(50,93)67-32-13-33-69-84(52,95)71-36-15-37-73-86(54,97)75-39-16-38-74-85(53,96)72-35-14-34-70-83(51,94)68-31-12-30-66-81(49,92)64-27-10-26-62-79(47,90)60-23-8-22-58-77(45,88)56-19-6-4-3-5-18-42-41(43)17-40-98-2/h3-40H2,1-2H3,(H,42,43)(H,44,87)(H,45,88)(H,46,89)(H,47,90)(H,48,91)(H,49,92)(H,50,93)(H,51,94)(H,52,95)(H,53,96)(H,54,97)/p-11. The van der Waals surface area contributed by atoms with Crippen molar-refractivity contribution in [3.05, 3.63) is 0 Å². The lowest BCUT2D eigenvalue weighted by molar-refractivity contribution is -0.212. The van der Waals surface area contributed by atoms with E-state index in [0.717, 1.165) is 25.0 Å². The minimum absolute atomic E-state index is 0.0119. The summed E-state index contributed by atoms with van der Waals surface area (Å²) in [6.07, 6.45) is 6.12. The molecule has 0 fully saturated rings. The molecular weight excluding hydrogens is 1760 g/mol. The van der Waals surface area contributed by atoms with Crippen LogP contribution in [0.1, 0.15) is 96.3 Å². The first-order valence-electron chi connectivity index (χ1n) is 29.2. The van der Waals surface area contributed by atoms with Crippen molar-refractivity contribution in [2.24, 2.45) is 0 Å². The van der Waals surface area contributed by atoms with Crippen molar-refractivity contribution in [1.29, 1.82) is 0 Å². The molecule has 0 radical (unpaired) electrons. The number of amides is 1. The molecule has 0 saturated heterocycles. The molecule has 1 N–H and O–H groups in total. The fourth-order valence-electron chi connectivity index (χ4n) is 5.81. The second-order valence-electron chi connectivity index (χ2n) is 18.8. The maximum absolute atomic E-state index is 12.5. The first kappa shape index (κ1) is 104. The summed E-state index contributed by atoms with van der Waals surface area (Å²) in [5, 5.41) is 2.86. The highest BCUT2D eigenvalue weighted by Crippen LogP contribution is 2.48. The highest BCUT2D eigenvalue weighted by atomic mass is 32.7. The van der Waals surface area contributed by atoms with Crippen LogP contribution in [0.2, 0.25) is 0 Å². The Morgan fingerprint density at radius 1 is 0.306 bits per heavy atom. The number of hydrogen-bond donors (Lipinski definition) is 1. The molecule has 0 saturated carbocycles. The number of carbonyl (C=O) groups excluding carboxylic acids is 1. The van der Waals surface area contributed by atoms with Crippen LogP contribution in [0.15, 0.2) is 0 Å². The number of hydrogen-bond acceptors (Lipinski definition) is 45. The van der Waals surface area contributed by atoms with Gasteiger partial charge in [-0.05, 0) is 96.5 Å². The average Bonchev–Trinajstić information content (AvgIpc) is 1.01. The molecule has 588 valence electrons. The number of unbranched alkanes of at least 4 members (excludes halogenated alkanes) is 3. The van der Waals surface area contributed by atoms with E-state index in [1.807, 2.05) is 6.26 Å². The Morgan fingerprint density at radius 2 is 0.480 bits per heavy atom. The van der Waals surface area contributed by atoms with Crippen LogP contribution < -0.4 is 54.3 Å². The molecule has 0 aromatic heterocycles. The van der Waals surface area contributed by atoms with Gasteiger partial charge in [0.1, 0.15) is 60.5 Å². The third kappa shape index (κ3) is 69.6. The molecule has 57 heteroatoms. The molecule has 0 aliphatic heterocycles. The first-order chi connectivity index (χ1) is 45.5. The molecular formula is C41H83NO33P11S12-11. The van der Waals surface area contributed by atoms with Crippen molar-refractivity contribution < 1.29 is 153 Å². The molecule has 1 amide bonds. The van der Waals surface area contributed by atoms with E-state index in [4.69, 9.17) is 214 Å². The quantitative estimate of drug-likeness (QED) is 0.0519. The van der Waals surface area contributed by atoms with Crippen LogP contribution in [0, 0.1) is 0 Å². The summed E-state index contributed by atoms with van der Waals surface area (Å²) in [7, 11) is 0. The summed E-state index contributed by atoms with van der Waals surface area (Å²) in [4.78, 5) is 135. The fraction of sp³-hybridized carbons (Fsp3) is 0.976. The van der Waals surface area contributed by atoms with Gasteiger partial charge in [-0.1, -0.05) is 131 Å². The second kappa shape index (κ2) is 57.6. The Balaban J connectivity index is 4.05. The van der Waals surface area contributed by atoms with Gasteiger partial charge in [-0.3, -0.25) is 9.36 Å². The van der Waals surface area contributed by atoms with Crippen LogP contribution in [-0.2, 0) is 235 Å². The Labute approximate surface area is 635 Å². The van der Waals surface area contributed by atoms with Crippen LogP contribution in [0.4, 0.5) is 0 Å². The maximum atomic E-state index is 12.5. The second-order valence-corrected chi connectivity index (χ2v) is 51.1. The number of nitrogens with one attached hydrogen (secondary N) is 1. The molecule has 11 unspecified atom stereocenters. The average molecular weight is 1840 g/mol. The minimum atomic E-state index is -4.01. The molecule has 11 atom stereocenters. The zero-order valence-corrected chi connectivity index (χ0v) is 72.8. The van der Waals surface area contributed by atoms with Crippen LogP contribution >= 0.6 is 85.5 Å². The van der Waals surface area contributed by atoms with Crippen LogP contribution in [-0.4, -0.2) is 170 Å².